The van der Waals surface area contributed by atoms with Gasteiger partial charge in [-0.05, 0) is 77.1 Å². The van der Waals surface area contributed by atoms with Crippen LogP contribution in [0.15, 0.2) is 152 Å². The van der Waals surface area contributed by atoms with Gasteiger partial charge in [-0.15, -0.1) is 0 Å². The molecule has 0 spiro atoms. The molecule has 1 unspecified atom stereocenters. The minimum absolute atomic E-state index is 0. The minimum Gasteiger partial charge on any atom is -0.412 e. The predicted octanol–water partition coefficient (Wildman–Crippen LogP) is 8.48. The number of hydrogen-bond donors (Lipinski definition) is 0. The van der Waals surface area contributed by atoms with Crippen LogP contribution in [0.1, 0.15) is 29.0 Å². The van der Waals surface area contributed by atoms with Crippen molar-refractivity contribution in [1.82, 2.24) is 15.0 Å². The summed E-state index contributed by atoms with van der Waals surface area (Å²) in [6, 6.07) is 46.3. The summed E-state index contributed by atoms with van der Waals surface area (Å²) in [4.78, 5) is 14.0. The van der Waals surface area contributed by atoms with E-state index < -0.39 is 0 Å². The first-order valence-electron chi connectivity index (χ1n) is 14.0. The highest BCUT2D eigenvalue weighted by molar-refractivity contribution is 5.74. The minimum atomic E-state index is 0. The SMILES string of the molecule is C(=C/C(CCc1ccc(-c2cc(-c3ccccn3)nc(-c3ccccn3)c2)cc1)c1ccccc1)/c1ccccc1.O. The van der Waals surface area contributed by atoms with Crippen LogP contribution in [0.3, 0.4) is 0 Å². The second-order valence-corrected chi connectivity index (χ2v) is 10.1. The number of allylic oxidation sites excluding steroid dienone is 1. The van der Waals surface area contributed by atoms with Crippen LogP contribution in [0.4, 0.5) is 0 Å². The van der Waals surface area contributed by atoms with E-state index in [0.717, 1.165) is 46.7 Å². The summed E-state index contributed by atoms with van der Waals surface area (Å²) in [5, 5.41) is 0. The van der Waals surface area contributed by atoms with E-state index in [2.05, 4.69) is 119 Å². The Morgan fingerprint density at radius 1 is 0.548 bits per heavy atom. The van der Waals surface area contributed by atoms with E-state index in [1.54, 1.807) is 12.4 Å². The van der Waals surface area contributed by atoms with Crippen molar-refractivity contribution in [2.24, 2.45) is 0 Å². The summed E-state index contributed by atoms with van der Waals surface area (Å²) < 4.78 is 0. The Morgan fingerprint density at radius 3 is 1.69 bits per heavy atom. The average Bonchev–Trinajstić information content (AvgIpc) is 3.06. The number of aryl methyl sites for hydroxylation is 1. The molecule has 42 heavy (non-hydrogen) atoms. The van der Waals surface area contributed by atoms with Gasteiger partial charge in [0.2, 0.25) is 0 Å². The highest BCUT2D eigenvalue weighted by atomic mass is 16.0. The van der Waals surface area contributed by atoms with Crippen LogP contribution < -0.4 is 0 Å². The lowest BCUT2D eigenvalue weighted by molar-refractivity contribution is 0.738. The van der Waals surface area contributed by atoms with Crippen molar-refractivity contribution < 1.29 is 5.48 Å². The number of rotatable bonds is 9. The Kier molecular flexibility index (Phi) is 9.40. The van der Waals surface area contributed by atoms with E-state index >= 15 is 0 Å². The molecule has 0 radical (unpaired) electrons. The smallest absolute Gasteiger partial charge is 0.0900 e. The molecule has 0 bridgehead atoms. The molecule has 0 aliphatic carbocycles. The van der Waals surface area contributed by atoms with Crippen molar-refractivity contribution >= 4 is 6.08 Å². The first-order valence-corrected chi connectivity index (χ1v) is 14.0. The molecule has 0 aliphatic heterocycles. The molecule has 0 saturated carbocycles. The lowest BCUT2D eigenvalue weighted by atomic mass is 9.91. The van der Waals surface area contributed by atoms with Gasteiger partial charge in [0.1, 0.15) is 0 Å². The number of nitrogens with zero attached hydrogens (tertiary/aromatic N) is 3. The molecule has 206 valence electrons. The highest BCUT2D eigenvalue weighted by Crippen LogP contribution is 2.30. The molecule has 6 aromatic rings. The van der Waals surface area contributed by atoms with Gasteiger partial charge in [-0.2, -0.15) is 0 Å². The van der Waals surface area contributed by atoms with Crippen LogP contribution in [-0.4, -0.2) is 20.4 Å². The van der Waals surface area contributed by atoms with Crippen molar-refractivity contribution in [3.05, 3.63) is 169 Å². The van der Waals surface area contributed by atoms with Crippen LogP contribution >= 0.6 is 0 Å². The fourth-order valence-corrected chi connectivity index (χ4v) is 5.04. The number of aromatic nitrogens is 3. The maximum absolute atomic E-state index is 4.90. The molecule has 2 N–H and O–H groups in total. The average molecular weight is 548 g/mol. The molecule has 6 rings (SSSR count). The second kappa shape index (κ2) is 13.9. The summed E-state index contributed by atoms with van der Waals surface area (Å²) in [6.07, 6.45) is 10.2. The van der Waals surface area contributed by atoms with Gasteiger partial charge in [0.15, 0.2) is 0 Å². The summed E-state index contributed by atoms with van der Waals surface area (Å²) >= 11 is 0. The first kappa shape index (κ1) is 28.3. The van der Waals surface area contributed by atoms with Crippen LogP contribution in [0.5, 0.6) is 0 Å². The van der Waals surface area contributed by atoms with Gasteiger partial charge in [-0.25, -0.2) is 4.98 Å². The summed E-state index contributed by atoms with van der Waals surface area (Å²) in [6.45, 7) is 0. The quantitative estimate of drug-likeness (QED) is 0.182. The van der Waals surface area contributed by atoms with Gasteiger partial charge in [0.25, 0.3) is 0 Å². The molecule has 1 atom stereocenters. The van der Waals surface area contributed by atoms with Crippen molar-refractivity contribution in [2.75, 3.05) is 0 Å². The van der Waals surface area contributed by atoms with Gasteiger partial charge < -0.3 is 5.48 Å². The topological polar surface area (TPSA) is 70.2 Å². The fourth-order valence-electron chi connectivity index (χ4n) is 5.04. The Bertz CT molecular complexity index is 1650. The van der Waals surface area contributed by atoms with Crippen LogP contribution in [0.25, 0.3) is 40.0 Å². The maximum Gasteiger partial charge on any atom is 0.0900 e. The van der Waals surface area contributed by atoms with Gasteiger partial charge >= 0.3 is 0 Å². The van der Waals surface area contributed by atoms with E-state index in [1.807, 2.05) is 36.4 Å². The van der Waals surface area contributed by atoms with Gasteiger partial charge in [-0.1, -0.05) is 109 Å². The fraction of sp³-hybridized carbons (Fsp3) is 0.0789. The third-order valence-electron chi connectivity index (χ3n) is 7.26. The van der Waals surface area contributed by atoms with E-state index in [1.165, 1.54) is 16.7 Å². The van der Waals surface area contributed by atoms with Crippen molar-refractivity contribution in [3.63, 3.8) is 0 Å². The molecule has 0 aliphatic rings. The Morgan fingerprint density at radius 2 is 1.12 bits per heavy atom. The number of benzene rings is 3. The predicted molar refractivity (Wildman–Crippen MR) is 173 cm³/mol. The first-order chi connectivity index (χ1) is 20.3. The van der Waals surface area contributed by atoms with Gasteiger partial charge in [0.05, 0.1) is 22.8 Å². The molecule has 3 heterocycles. The third-order valence-corrected chi connectivity index (χ3v) is 7.26. The largest absolute Gasteiger partial charge is 0.412 e. The van der Waals surface area contributed by atoms with E-state index in [9.17, 15) is 0 Å². The lowest BCUT2D eigenvalue weighted by Crippen LogP contribution is -1.98. The molecular weight excluding hydrogens is 514 g/mol. The standard InChI is InChI=1S/C38H31N3.H2O/c1-3-11-29(12-4-1)17-21-32(31-13-5-2-6-14-31)22-18-30-19-23-33(24-20-30)34-27-37(35-15-7-9-25-39-35)41-38(28-34)36-16-8-10-26-40-36;/h1-17,19-21,23-28,32H,18,22H2;1H2/b21-17-;. The number of pyridine rings is 3. The monoisotopic (exact) mass is 547 g/mol. The third kappa shape index (κ3) is 7.11. The summed E-state index contributed by atoms with van der Waals surface area (Å²) in [5.41, 5.74) is 9.51. The van der Waals surface area contributed by atoms with Crippen molar-refractivity contribution in [3.8, 4) is 33.9 Å². The summed E-state index contributed by atoms with van der Waals surface area (Å²) in [7, 11) is 0. The second-order valence-electron chi connectivity index (χ2n) is 10.1. The molecule has 4 nitrogen and oxygen atoms in total. The zero-order valence-corrected chi connectivity index (χ0v) is 23.3. The molecular formula is C38H33N3O. The van der Waals surface area contributed by atoms with Crippen LogP contribution in [-0.2, 0) is 6.42 Å². The zero-order chi connectivity index (χ0) is 27.7. The van der Waals surface area contributed by atoms with Crippen molar-refractivity contribution in [1.29, 1.82) is 0 Å². The zero-order valence-electron chi connectivity index (χ0n) is 23.3. The molecule has 0 fully saturated rings. The molecule has 4 heteroatoms. The maximum atomic E-state index is 4.90. The Labute approximate surface area is 247 Å². The Hall–Kier alpha value is -5.19. The van der Waals surface area contributed by atoms with E-state index in [4.69, 9.17) is 4.98 Å². The van der Waals surface area contributed by atoms with Crippen LogP contribution in [0.2, 0.25) is 0 Å². The molecule has 0 saturated heterocycles. The molecule has 0 amide bonds. The normalized spacial score (nSPS) is 11.6. The molecule has 3 aromatic heterocycles. The lowest BCUT2D eigenvalue weighted by Gasteiger charge is -2.14. The van der Waals surface area contributed by atoms with Crippen molar-refractivity contribution in [2.45, 2.75) is 18.8 Å². The van der Waals surface area contributed by atoms with E-state index in [-0.39, 0.29) is 5.48 Å². The Balaban J connectivity index is 0.00000353. The number of hydrogen-bond acceptors (Lipinski definition) is 3. The highest BCUT2D eigenvalue weighted by Gasteiger charge is 2.12. The summed E-state index contributed by atoms with van der Waals surface area (Å²) in [5.74, 6) is 0.346. The van der Waals surface area contributed by atoms with Crippen LogP contribution in [0, 0.1) is 0 Å². The van der Waals surface area contributed by atoms with Gasteiger partial charge in [0, 0.05) is 18.3 Å². The van der Waals surface area contributed by atoms with Gasteiger partial charge in [-0.3, -0.25) is 9.97 Å². The molecule has 3 aromatic carbocycles. The van der Waals surface area contributed by atoms with E-state index in [0.29, 0.717) is 5.92 Å².